The normalized spacial score (nSPS) is 11.9. The first-order valence-corrected chi connectivity index (χ1v) is 9.64. The Morgan fingerprint density at radius 1 is 0.826 bits per heavy atom. The van der Waals surface area contributed by atoms with E-state index in [9.17, 15) is 4.79 Å². The first-order valence-electron chi connectivity index (χ1n) is 9.64. The molecule has 1 atom stereocenters. The summed E-state index contributed by atoms with van der Waals surface area (Å²) in [5.74, 6) is -0.759. The molecule has 0 saturated heterocycles. The fourth-order valence-electron chi connectivity index (χ4n) is 2.73. The van der Waals surface area contributed by atoms with Gasteiger partial charge in [-0.05, 0) is 19.9 Å². The Balaban J connectivity index is -0.00000220. The van der Waals surface area contributed by atoms with Crippen molar-refractivity contribution in [2.75, 3.05) is 6.54 Å². The zero-order valence-electron chi connectivity index (χ0n) is 17.0. The maximum atomic E-state index is 10.6. The number of unbranched alkanes of at least 4 members (excludes halogenated alkanes) is 13. The van der Waals surface area contributed by atoms with Crippen LogP contribution in [0.25, 0.3) is 0 Å². The van der Waals surface area contributed by atoms with Crippen molar-refractivity contribution in [3.8, 4) is 0 Å². The standard InChI is InChI=1S/C19H39NO2.K.H/c1-3-4-5-6-7-8-9-10-11-12-13-14-15-16-17-20-18(2)19(21)22;;/h18,20H,3-17H2,1-2H3,(H,21,22);;/q;+1;-1/t18-;;/m0../s1. The second kappa shape index (κ2) is 21.1. The SMILES string of the molecule is CCCCCCCCCCCCCCCCN[C@@H](C)C(=O)O.[H-].[K+]. The van der Waals surface area contributed by atoms with E-state index in [-0.39, 0.29) is 52.8 Å². The molecule has 0 saturated carbocycles. The number of carboxylic acid groups (broad SMARTS) is 1. The first-order chi connectivity index (χ1) is 10.7. The van der Waals surface area contributed by atoms with Gasteiger partial charge in [-0.1, -0.05) is 90.4 Å². The summed E-state index contributed by atoms with van der Waals surface area (Å²) in [5.41, 5.74) is 0. The maximum Gasteiger partial charge on any atom is 1.00 e. The predicted octanol–water partition coefficient (Wildman–Crippen LogP) is 2.65. The summed E-state index contributed by atoms with van der Waals surface area (Å²) in [4.78, 5) is 10.6. The molecule has 0 aromatic rings. The molecule has 0 amide bonds. The van der Waals surface area contributed by atoms with Gasteiger partial charge in [0, 0.05) is 0 Å². The van der Waals surface area contributed by atoms with Crippen LogP contribution < -0.4 is 56.7 Å². The summed E-state index contributed by atoms with van der Waals surface area (Å²) in [7, 11) is 0. The van der Waals surface area contributed by atoms with Crippen LogP contribution in [-0.4, -0.2) is 23.7 Å². The monoisotopic (exact) mass is 353 g/mol. The van der Waals surface area contributed by atoms with Gasteiger partial charge in [-0.3, -0.25) is 4.79 Å². The number of rotatable bonds is 17. The van der Waals surface area contributed by atoms with E-state index in [0.717, 1.165) is 13.0 Å². The van der Waals surface area contributed by atoms with Crippen molar-refractivity contribution < 1.29 is 62.7 Å². The molecular formula is C19H40KNO2. The van der Waals surface area contributed by atoms with E-state index in [4.69, 9.17) is 5.11 Å². The molecule has 0 rings (SSSR count). The number of carbonyl (C=O) groups is 1. The van der Waals surface area contributed by atoms with Crippen molar-refractivity contribution >= 4 is 5.97 Å². The topological polar surface area (TPSA) is 49.3 Å². The molecule has 4 heteroatoms. The third-order valence-electron chi connectivity index (χ3n) is 4.35. The third kappa shape index (κ3) is 21.0. The number of aliphatic carboxylic acids is 1. The van der Waals surface area contributed by atoms with Crippen LogP contribution in [0.2, 0.25) is 0 Å². The molecule has 23 heavy (non-hydrogen) atoms. The molecule has 0 aromatic carbocycles. The molecule has 0 radical (unpaired) electrons. The van der Waals surface area contributed by atoms with Crippen LogP contribution in [0.1, 0.15) is 105 Å². The smallest absolute Gasteiger partial charge is 1.00 e. The molecule has 134 valence electrons. The van der Waals surface area contributed by atoms with Crippen LogP contribution in [-0.2, 0) is 4.79 Å². The minimum Gasteiger partial charge on any atom is -1.00 e. The minimum absolute atomic E-state index is 0. The molecule has 0 unspecified atom stereocenters. The molecule has 0 heterocycles. The van der Waals surface area contributed by atoms with E-state index in [2.05, 4.69) is 12.2 Å². The van der Waals surface area contributed by atoms with Crippen molar-refractivity contribution in [2.45, 2.75) is 110 Å². The van der Waals surface area contributed by atoms with Crippen LogP contribution in [0.3, 0.4) is 0 Å². The summed E-state index contributed by atoms with van der Waals surface area (Å²) < 4.78 is 0. The summed E-state index contributed by atoms with van der Waals surface area (Å²) in [6.07, 6.45) is 19.0. The predicted molar refractivity (Wildman–Crippen MR) is 96.5 cm³/mol. The average Bonchev–Trinajstić information content (AvgIpc) is 2.50. The molecule has 0 spiro atoms. The summed E-state index contributed by atoms with van der Waals surface area (Å²) in [6, 6.07) is -0.415. The van der Waals surface area contributed by atoms with Crippen molar-refractivity contribution in [1.29, 1.82) is 0 Å². The minimum atomic E-state index is -0.759. The van der Waals surface area contributed by atoms with Gasteiger partial charge in [0.2, 0.25) is 0 Å². The fraction of sp³-hybridized carbons (Fsp3) is 0.947. The van der Waals surface area contributed by atoms with Gasteiger partial charge in [0.25, 0.3) is 0 Å². The maximum absolute atomic E-state index is 10.6. The molecule has 0 aliphatic carbocycles. The summed E-state index contributed by atoms with van der Waals surface area (Å²) in [6.45, 7) is 4.80. The molecule has 2 N–H and O–H groups in total. The Morgan fingerprint density at radius 2 is 1.17 bits per heavy atom. The number of hydrogen-bond donors (Lipinski definition) is 2. The van der Waals surface area contributed by atoms with E-state index in [0.29, 0.717) is 0 Å². The Morgan fingerprint density at radius 3 is 1.52 bits per heavy atom. The second-order valence-electron chi connectivity index (χ2n) is 6.61. The van der Waals surface area contributed by atoms with Crippen LogP contribution in [0, 0.1) is 0 Å². The van der Waals surface area contributed by atoms with E-state index < -0.39 is 12.0 Å². The Kier molecular flexibility index (Phi) is 24.1. The Labute approximate surface area is 188 Å². The third-order valence-corrected chi connectivity index (χ3v) is 4.35. The Hall–Kier alpha value is 1.07. The molecule has 0 aromatic heterocycles. The van der Waals surface area contributed by atoms with Gasteiger partial charge in [0.05, 0.1) is 0 Å². The number of carboxylic acids is 1. The fourth-order valence-corrected chi connectivity index (χ4v) is 2.73. The first kappa shape index (κ1) is 26.3. The van der Waals surface area contributed by atoms with Gasteiger partial charge in [-0.15, -0.1) is 0 Å². The van der Waals surface area contributed by atoms with Gasteiger partial charge in [-0.2, -0.15) is 0 Å². The largest absolute Gasteiger partial charge is 1.00 e. The average molecular weight is 354 g/mol. The van der Waals surface area contributed by atoms with Crippen LogP contribution >= 0.6 is 0 Å². The van der Waals surface area contributed by atoms with E-state index in [1.54, 1.807) is 6.92 Å². The van der Waals surface area contributed by atoms with Crippen molar-refractivity contribution in [1.82, 2.24) is 5.32 Å². The number of nitrogens with one attached hydrogen (secondary N) is 1. The van der Waals surface area contributed by atoms with Crippen molar-refractivity contribution in [2.24, 2.45) is 0 Å². The Bertz CT molecular complexity index is 256. The van der Waals surface area contributed by atoms with E-state index in [1.807, 2.05) is 0 Å². The van der Waals surface area contributed by atoms with Gasteiger partial charge >= 0.3 is 57.4 Å². The van der Waals surface area contributed by atoms with Crippen LogP contribution in [0.4, 0.5) is 0 Å². The van der Waals surface area contributed by atoms with Crippen molar-refractivity contribution in [3.63, 3.8) is 0 Å². The molecule has 0 bridgehead atoms. The molecule has 0 aliphatic rings. The zero-order valence-corrected chi connectivity index (χ0v) is 19.2. The van der Waals surface area contributed by atoms with Crippen LogP contribution in [0.15, 0.2) is 0 Å². The van der Waals surface area contributed by atoms with E-state index in [1.165, 1.54) is 83.5 Å². The number of hydrogen-bond acceptors (Lipinski definition) is 2. The molecule has 0 aliphatic heterocycles. The molecule has 3 nitrogen and oxygen atoms in total. The van der Waals surface area contributed by atoms with Gasteiger partial charge in [-0.25, -0.2) is 0 Å². The quantitative estimate of drug-likeness (QED) is 0.312. The van der Waals surface area contributed by atoms with Crippen LogP contribution in [0.5, 0.6) is 0 Å². The second-order valence-corrected chi connectivity index (χ2v) is 6.61. The molecule has 0 fully saturated rings. The van der Waals surface area contributed by atoms with Gasteiger partial charge in [0.15, 0.2) is 0 Å². The molecular weight excluding hydrogens is 313 g/mol. The van der Waals surface area contributed by atoms with Gasteiger partial charge in [0.1, 0.15) is 6.04 Å². The van der Waals surface area contributed by atoms with Crippen molar-refractivity contribution in [3.05, 3.63) is 0 Å². The summed E-state index contributed by atoms with van der Waals surface area (Å²) >= 11 is 0. The zero-order chi connectivity index (χ0) is 16.5. The van der Waals surface area contributed by atoms with Gasteiger partial charge < -0.3 is 11.8 Å². The van der Waals surface area contributed by atoms with E-state index >= 15 is 0 Å². The summed E-state index contributed by atoms with van der Waals surface area (Å²) in [5, 5.41) is 11.8.